The third-order valence-electron chi connectivity index (χ3n) is 4.24. The van der Waals surface area contributed by atoms with Gasteiger partial charge in [-0.1, -0.05) is 0 Å². The fraction of sp³-hybridized carbons (Fsp3) is 0.923. The van der Waals surface area contributed by atoms with Gasteiger partial charge in [0.2, 0.25) is 5.91 Å². The quantitative estimate of drug-likeness (QED) is 0.766. The minimum absolute atomic E-state index is 0.242. The summed E-state index contributed by atoms with van der Waals surface area (Å²) in [4.78, 5) is 16.4. The molecule has 1 amide bonds. The first-order valence-corrected chi connectivity index (χ1v) is 7.01. The van der Waals surface area contributed by atoms with Crippen LogP contribution in [0, 0.1) is 0 Å². The van der Waals surface area contributed by atoms with E-state index in [9.17, 15) is 4.79 Å². The molecule has 0 aliphatic carbocycles. The Kier molecular flexibility index (Phi) is 4.40. The summed E-state index contributed by atoms with van der Waals surface area (Å²) in [6.07, 6.45) is 3.83. The summed E-state index contributed by atoms with van der Waals surface area (Å²) in [6.45, 7) is 8.69. The number of nitrogens with one attached hydrogen (secondary N) is 1. The molecular weight excluding hydrogens is 214 g/mol. The van der Waals surface area contributed by atoms with Crippen molar-refractivity contribution in [2.24, 2.45) is 0 Å². The third-order valence-corrected chi connectivity index (χ3v) is 4.24. The molecule has 2 saturated heterocycles. The van der Waals surface area contributed by atoms with Crippen LogP contribution in [-0.2, 0) is 4.79 Å². The molecule has 2 atom stereocenters. The standard InChI is InChI=1S/C13H25N3O/c1-3-15(4-2)13(17)10-14-11-7-9-16-8-5-6-12(11)16/h11-12,14H,3-10H2,1-2H3. The summed E-state index contributed by atoms with van der Waals surface area (Å²) in [6, 6.07) is 1.23. The predicted molar refractivity (Wildman–Crippen MR) is 68.9 cm³/mol. The van der Waals surface area contributed by atoms with Crippen molar-refractivity contribution in [2.45, 2.75) is 45.2 Å². The van der Waals surface area contributed by atoms with Gasteiger partial charge >= 0.3 is 0 Å². The van der Waals surface area contributed by atoms with Gasteiger partial charge in [-0.2, -0.15) is 0 Å². The summed E-state index contributed by atoms with van der Waals surface area (Å²) in [5.74, 6) is 0.242. The minimum Gasteiger partial charge on any atom is -0.342 e. The SMILES string of the molecule is CCN(CC)C(=O)CNC1CCN2CCCC12. The van der Waals surface area contributed by atoms with E-state index < -0.39 is 0 Å². The van der Waals surface area contributed by atoms with E-state index in [1.165, 1.54) is 32.4 Å². The zero-order chi connectivity index (χ0) is 12.3. The molecule has 4 nitrogen and oxygen atoms in total. The molecule has 0 spiro atoms. The second-order valence-corrected chi connectivity index (χ2v) is 5.09. The topological polar surface area (TPSA) is 35.6 Å². The molecule has 2 fully saturated rings. The van der Waals surface area contributed by atoms with Crippen molar-refractivity contribution < 1.29 is 4.79 Å². The Morgan fingerprint density at radius 3 is 2.76 bits per heavy atom. The molecule has 98 valence electrons. The van der Waals surface area contributed by atoms with Gasteiger partial charge in [-0.05, 0) is 39.7 Å². The average Bonchev–Trinajstić information content (AvgIpc) is 2.90. The van der Waals surface area contributed by atoms with Gasteiger partial charge in [0, 0.05) is 31.7 Å². The molecule has 0 radical (unpaired) electrons. The number of amides is 1. The molecule has 2 aliphatic heterocycles. The monoisotopic (exact) mass is 239 g/mol. The lowest BCUT2D eigenvalue weighted by atomic mass is 10.1. The van der Waals surface area contributed by atoms with E-state index >= 15 is 0 Å². The summed E-state index contributed by atoms with van der Waals surface area (Å²) in [5, 5.41) is 3.47. The molecule has 0 bridgehead atoms. The fourth-order valence-electron chi connectivity index (χ4n) is 3.23. The highest BCUT2D eigenvalue weighted by atomic mass is 16.2. The molecule has 4 heteroatoms. The highest BCUT2D eigenvalue weighted by Gasteiger charge is 2.36. The smallest absolute Gasteiger partial charge is 0.236 e. The van der Waals surface area contributed by atoms with Gasteiger partial charge in [0.15, 0.2) is 0 Å². The molecule has 2 unspecified atom stereocenters. The summed E-state index contributed by atoms with van der Waals surface area (Å²) in [5.41, 5.74) is 0. The number of carbonyl (C=O) groups excluding carboxylic acids is 1. The van der Waals surface area contributed by atoms with Crippen molar-refractivity contribution in [1.29, 1.82) is 0 Å². The lowest BCUT2D eigenvalue weighted by Crippen LogP contribution is -2.45. The van der Waals surface area contributed by atoms with Crippen LogP contribution < -0.4 is 5.32 Å². The molecule has 2 heterocycles. The van der Waals surface area contributed by atoms with Crippen LogP contribution in [0.4, 0.5) is 0 Å². The van der Waals surface area contributed by atoms with Crippen LogP contribution in [0.15, 0.2) is 0 Å². The van der Waals surface area contributed by atoms with Gasteiger partial charge in [-0.15, -0.1) is 0 Å². The summed E-state index contributed by atoms with van der Waals surface area (Å²) in [7, 11) is 0. The zero-order valence-electron chi connectivity index (χ0n) is 11.1. The molecule has 0 aromatic carbocycles. The van der Waals surface area contributed by atoms with Crippen molar-refractivity contribution >= 4 is 5.91 Å². The van der Waals surface area contributed by atoms with Crippen molar-refractivity contribution in [1.82, 2.24) is 15.1 Å². The van der Waals surface area contributed by atoms with Gasteiger partial charge in [-0.3, -0.25) is 9.69 Å². The molecule has 2 aliphatic rings. The van der Waals surface area contributed by atoms with Crippen molar-refractivity contribution in [2.75, 3.05) is 32.7 Å². The Hall–Kier alpha value is -0.610. The van der Waals surface area contributed by atoms with Gasteiger partial charge < -0.3 is 10.2 Å². The molecule has 0 aromatic heterocycles. The highest BCUT2D eigenvalue weighted by Crippen LogP contribution is 2.27. The largest absolute Gasteiger partial charge is 0.342 e. The van der Waals surface area contributed by atoms with Crippen LogP contribution in [0.25, 0.3) is 0 Å². The van der Waals surface area contributed by atoms with Crippen LogP contribution in [0.5, 0.6) is 0 Å². The highest BCUT2D eigenvalue weighted by molar-refractivity contribution is 5.78. The summed E-state index contributed by atoms with van der Waals surface area (Å²) < 4.78 is 0. The maximum Gasteiger partial charge on any atom is 0.236 e. The fourth-order valence-corrected chi connectivity index (χ4v) is 3.23. The van der Waals surface area contributed by atoms with E-state index in [2.05, 4.69) is 10.2 Å². The number of likely N-dealkylation sites (N-methyl/N-ethyl adjacent to an activating group) is 1. The Morgan fingerprint density at radius 2 is 2.06 bits per heavy atom. The van der Waals surface area contributed by atoms with Gasteiger partial charge in [0.05, 0.1) is 6.54 Å². The van der Waals surface area contributed by atoms with Gasteiger partial charge in [0.25, 0.3) is 0 Å². The molecule has 0 aromatic rings. The van der Waals surface area contributed by atoms with Crippen molar-refractivity contribution in [3.05, 3.63) is 0 Å². The Bertz CT molecular complexity index is 265. The van der Waals surface area contributed by atoms with E-state index in [1.54, 1.807) is 0 Å². The van der Waals surface area contributed by atoms with E-state index in [4.69, 9.17) is 0 Å². The normalized spacial score (nSPS) is 28.4. The Morgan fingerprint density at radius 1 is 1.29 bits per heavy atom. The van der Waals surface area contributed by atoms with Gasteiger partial charge in [0.1, 0.15) is 0 Å². The second kappa shape index (κ2) is 5.83. The Labute approximate surface area is 104 Å². The second-order valence-electron chi connectivity index (χ2n) is 5.09. The first kappa shape index (κ1) is 12.8. The number of fused-ring (bicyclic) bond motifs is 1. The first-order chi connectivity index (χ1) is 8.26. The number of carbonyl (C=O) groups is 1. The van der Waals surface area contributed by atoms with E-state index in [0.717, 1.165) is 13.1 Å². The molecule has 0 saturated carbocycles. The number of hydrogen-bond acceptors (Lipinski definition) is 3. The zero-order valence-corrected chi connectivity index (χ0v) is 11.1. The predicted octanol–water partition coefficient (Wildman–Crippen LogP) is 0.681. The van der Waals surface area contributed by atoms with Crippen LogP contribution in [0.2, 0.25) is 0 Å². The number of rotatable bonds is 5. The molecule has 2 rings (SSSR count). The van der Waals surface area contributed by atoms with Crippen LogP contribution in [0.3, 0.4) is 0 Å². The molecular formula is C13H25N3O. The lowest BCUT2D eigenvalue weighted by Gasteiger charge is -2.23. The third kappa shape index (κ3) is 2.80. The van der Waals surface area contributed by atoms with Gasteiger partial charge in [-0.25, -0.2) is 0 Å². The lowest BCUT2D eigenvalue weighted by molar-refractivity contribution is -0.130. The summed E-state index contributed by atoms with van der Waals surface area (Å²) >= 11 is 0. The molecule has 17 heavy (non-hydrogen) atoms. The molecule has 1 N–H and O–H groups in total. The average molecular weight is 239 g/mol. The van der Waals surface area contributed by atoms with Crippen LogP contribution in [0.1, 0.15) is 33.1 Å². The maximum atomic E-state index is 11.9. The van der Waals surface area contributed by atoms with E-state index in [1.807, 2.05) is 18.7 Å². The number of hydrogen-bond donors (Lipinski definition) is 1. The minimum atomic E-state index is 0.242. The van der Waals surface area contributed by atoms with E-state index in [0.29, 0.717) is 18.6 Å². The number of nitrogens with zero attached hydrogens (tertiary/aromatic N) is 2. The Balaban J connectivity index is 1.76. The first-order valence-electron chi connectivity index (χ1n) is 7.01. The van der Waals surface area contributed by atoms with E-state index in [-0.39, 0.29) is 5.91 Å². The van der Waals surface area contributed by atoms with Crippen LogP contribution >= 0.6 is 0 Å². The maximum absolute atomic E-state index is 11.9. The van der Waals surface area contributed by atoms with Crippen molar-refractivity contribution in [3.63, 3.8) is 0 Å². The van der Waals surface area contributed by atoms with Crippen LogP contribution in [-0.4, -0.2) is 60.5 Å². The van der Waals surface area contributed by atoms with Crippen molar-refractivity contribution in [3.8, 4) is 0 Å².